The second-order valence-corrected chi connectivity index (χ2v) is 7.88. The second kappa shape index (κ2) is 8.79. The Morgan fingerprint density at radius 1 is 1.43 bits per heavy atom. The average Bonchev–Trinajstić information content (AvgIpc) is 2.68. The third-order valence-electron chi connectivity index (χ3n) is 4.32. The molecule has 0 unspecified atom stereocenters. The van der Waals surface area contributed by atoms with E-state index in [9.17, 15) is 9.18 Å². The first kappa shape index (κ1) is 20.4. The number of carbonyl (C=O) groups is 1. The highest BCUT2D eigenvalue weighted by Crippen LogP contribution is 2.37. The number of anilines is 1. The molecule has 1 amide bonds. The molecule has 148 valence electrons. The van der Waals surface area contributed by atoms with E-state index >= 15 is 0 Å². The molecule has 0 saturated carbocycles. The van der Waals surface area contributed by atoms with Gasteiger partial charge in [-0.1, -0.05) is 11.8 Å². The molecule has 0 spiro atoms. The molecule has 9 heteroatoms. The predicted octanol–water partition coefficient (Wildman–Crippen LogP) is 3.76. The third kappa shape index (κ3) is 4.74. The predicted molar refractivity (Wildman–Crippen MR) is 111 cm³/mol. The first-order valence-corrected chi connectivity index (χ1v) is 10.2. The Hall–Kier alpha value is -2.32. The summed E-state index contributed by atoms with van der Waals surface area (Å²) in [7, 11) is 0. The number of rotatable bonds is 6. The number of nitrogens with two attached hydrogens (primary N) is 1. The van der Waals surface area contributed by atoms with Crippen LogP contribution in [0.25, 0.3) is 0 Å². The molecule has 2 aromatic rings. The lowest BCUT2D eigenvalue weighted by atomic mass is 9.89. The van der Waals surface area contributed by atoms with Crippen molar-refractivity contribution >= 4 is 40.1 Å². The Bertz CT molecular complexity index is 894. The van der Waals surface area contributed by atoms with Gasteiger partial charge in [0, 0.05) is 17.0 Å². The number of thioether (sulfide) groups is 1. The number of hydrogen-bond donors (Lipinski definition) is 2. The Morgan fingerprint density at radius 2 is 2.25 bits per heavy atom. The van der Waals surface area contributed by atoms with Crippen LogP contribution in [0.3, 0.4) is 0 Å². The van der Waals surface area contributed by atoms with Gasteiger partial charge in [0.25, 0.3) is 5.91 Å². The number of amides is 1. The number of amidine groups is 1. The van der Waals surface area contributed by atoms with Gasteiger partial charge >= 0.3 is 0 Å². The van der Waals surface area contributed by atoms with Crippen molar-refractivity contribution in [1.29, 1.82) is 0 Å². The summed E-state index contributed by atoms with van der Waals surface area (Å²) in [5.41, 5.74) is 6.13. The van der Waals surface area contributed by atoms with E-state index in [0.717, 1.165) is 5.75 Å². The molecule has 3 rings (SSSR count). The number of nitrogens with one attached hydrogen (secondary N) is 1. The zero-order chi connectivity index (χ0) is 20.1. The van der Waals surface area contributed by atoms with E-state index < -0.39 is 11.4 Å². The van der Waals surface area contributed by atoms with Crippen LogP contribution in [-0.2, 0) is 5.54 Å². The lowest BCUT2D eigenvalue weighted by molar-refractivity contribution is 0.102. The van der Waals surface area contributed by atoms with Crippen LogP contribution in [0.1, 0.15) is 29.4 Å². The van der Waals surface area contributed by atoms with E-state index in [0.29, 0.717) is 41.1 Å². The lowest BCUT2D eigenvalue weighted by Gasteiger charge is -2.30. The van der Waals surface area contributed by atoms with Gasteiger partial charge < -0.3 is 15.8 Å². The van der Waals surface area contributed by atoms with Crippen molar-refractivity contribution in [2.24, 2.45) is 10.7 Å². The number of benzene rings is 1. The fraction of sp³-hybridized carbons (Fsp3) is 0.316. The molecule has 1 atom stereocenters. The van der Waals surface area contributed by atoms with Crippen LogP contribution >= 0.6 is 23.4 Å². The quantitative estimate of drug-likeness (QED) is 0.692. The number of aromatic nitrogens is 1. The fourth-order valence-electron chi connectivity index (χ4n) is 2.85. The summed E-state index contributed by atoms with van der Waals surface area (Å²) < 4.78 is 19.8. The molecule has 1 aliphatic rings. The molecule has 0 fully saturated rings. The van der Waals surface area contributed by atoms with E-state index in [1.165, 1.54) is 30.1 Å². The minimum atomic E-state index is -0.764. The molecular formula is C19H20ClFN4O2S. The van der Waals surface area contributed by atoms with Gasteiger partial charge in [0.15, 0.2) is 5.17 Å². The zero-order valence-electron chi connectivity index (χ0n) is 15.2. The molecule has 1 aromatic carbocycles. The summed E-state index contributed by atoms with van der Waals surface area (Å²) in [6.07, 6.45) is 2.10. The number of ether oxygens (including phenoxy) is 1. The van der Waals surface area contributed by atoms with E-state index in [1.807, 2.05) is 6.92 Å². The van der Waals surface area contributed by atoms with Crippen LogP contribution in [0.2, 0.25) is 0 Å². The number of hydrogen-bond acceptors (Lipinski definition) is 6. The van der Waals surface area contributed by atoms with Crippen LogP contribution in [-0.4, -0.2) is 34.3 Å². The van der Waals surface area contributed by atoms with Crippen LogP contribution in [0, 0.1) is 5.82 Å². The van der Waals surface area contributed by atoms with Gasteiger partial charge in [-0.05, 0) is 43.7 Å². The average molecular weight is 423 g/mol. The third-order valence-corrected chi connectivity index (χ3v) is 5.26. The number of pyridine rings is 1. The summed E-state index contributed by atoms with van der Waals surface area (Å²) in [4.78, 5) is 21.0. The zero-order valence-corrected chi connectivity index (χ0v) is 16.8. The molecule has 0 radical (unpaired) electrons. The van der Waals surface area contributed by atoms with E-state index in [4.69, 9.17) is 22.1 Å². The maximum Gasteiger partial charge on any atom is 0.274 e. The van der Waals surface area contributed by atoms with Crippen molar-refractivity contribution in [3.8, 4) is 5.75 Å². The number of aliphatic imine (C=N–C) groups is 1. The number of alkyl halides is 1. The maximum absolute atomic E-state index is 14.5. The topological polar surface area (TPSA) is 89.6 Å². The van der Waals surface area contributed by atoms with Gasteiger partial charge in [0.05, 0.1) is 17.6 Å². The number of nitrogens with zero attached hydrogens (tertiary/aromatic N) is 2. The Balaban J connectivity index is 1.78. The molecule has 0 saturated heterocycles. The lowest BCUT2D eigenvalue weighted by Crippen LogP contribution is -2.29. The van der Waals surface area contributed by atoms with Crippen molar-refractivity contribution in [2.45, 2.75) is 18.9 Å². The highest BCUT2D eigenvalue weighted by Gasteiger charge is 2.32. The highest BCUT2D eigenvalue weighted by atomic mass is 35.5. The highest BCUT2D eigenvalue weighted by molar-refractivity contribution is 8.13. The molecule has 3 N–H and O–H groups in total. The molecule has 2 heterocycles. The standard InChI is InChI=1S/C19H20ClFN4O2S/c1-19(6-9-28-18(22)25-19)14-10-12(2-4-15(14)21)24-17(26)16-5-3-13(11-23-16)27-8-7-20/h2-5,10-11H,6-9H2,1H3,(H2,22,25)(H,24,26)/t19-/m0/s1. The van der Waals surface area contributed by atoms with Gasteiger partial charge in [-0.2, -0.15) is 0 Å². The fourth-order valence-corrected chi connectivity index (χ4v) is 3.90. The molecule has 1 aliphatic heterocycles. The summed E-state index contributed by atoms with van der Waals surface area (Å²) in [5.74, 6) is 0.850. The summed E-state index contributed by atoms with van der Waals surface area (Å²) in [5, 5.41) is 3.17. The largest absolute Gasteiger partial charge is 0.491 e. The molecule has 6 nitrogen and oxygen atoms in total. The smallest absolute Gasteiger partial charge is 0.274 e. The minimum Gasteiger partial charge on any atom is -0.491 e. The van der Waals surface area contributed by atoms with Crippen LogP contribution in [0.15, 0.2) is 41.5 Å². The molecular weight excluding hydrogens is 403 g/mol. The van der Waals surface area contributed by atoms with Crippen LogP contribution in [0.4, 0.5) is 10.1 Å². The molecule has 0 aliphatic carbocycles. The van der Waals surface area contributed by atoms with E-state index in [-0.39, 0.29) is 11.5 Å². The van der Waals surface area contributed by atoms with Crippen LogP contribution in [0.5, 0.6) is 5.75 Å². The Kier molecular flexibility index (Phi) is 6.41. The second-order valence-electron chi connectivity index (χ2n) is 6.39. The molecule has 28 heavy (non-hydrogen) atoms. The van der Waals surface area contributed by atoms with Crippen molar-refractivity contribution < 1.29 is 13.9 Å². The van der Waals surface area contributed by atoms with Crippen molar-refractivity contribution in [3.05, 3.63) is 53.6 Å². The van der Waals surface area contributed by atoms with Crippen molar-refractivity contribution in [2.75, 3.05) is 23.6 Å². The van der Waals surface area contributed by atoms with Crippen molar-refractivity contribution in [1.82, 2.24) is 4.98 Å². The summed E-state index contributed by atoms with van der Waals surface area (Å²) in [6, 6.07) is 7.61. The monoisotopic (exact) mass is 422 g/mol. The summed E-state index contributed by atoms with van der Waals surface area (Å²) in [6.45, 7) is 2.20. The molecule has 1 aromatic heterocycles. The van der Waals surface area contributed by atoms with E-state index in [2.05, 4.69) is 15.3 Å². The Morgan fingerprint density at radius 3 is 2.93 bits per heavy atom. The van der Waals surface area contributed by atoms with Gasteiger partial charge in [-0.25, -0.2) is 9.37 Å². The van der Waals surface area contributed by atoms with Gasteiger partial charge in [-0.15, -0.1) is 11.6 Å². The van der Waals surface area contributed by atoms with Crippen LogP contribution < -0.4 is 15.8 Å². The van der Waals surface area contributed by atoms with Gasteiger partial charge in [0.2, 0.25) is 0 Å². The number of carbonyl (C=O) groups excluding carboxylic acids is 1. The normalized spacial score (nSPS) is 19.0. The van der Waals surface area contributed by atoms with Crippen molar-refractivity contribution in [3.63, 3.8) is 0 Å². The van der Waals surface area contributed by atoms with Gasteiger partial charge in [0.1, 0.15) is 23.9 Å². The number of halogens is 2. The summed E-state index contributed by atoms with van der Waals surface area (Å²) >= 11 is 7.02. The SMILES string of the molecule is C[C@@]1(c2cc(NC(=O)c3ccc(OCCCl)cn3)ccc2F)CCSC(N)=N1. The maximum atomic E-state index is 14.5. The minimum absolute atomic E-state index is 0.214. The first-order chi connectivity index (χ1) is 13.4. The Labute approximate surface area is 171 Å². The first-order valence-electron chi connectivity index (χ1n) is 8.65. The van der Waals surface area contributed by atoms with Gasteiger partial charge in [-0.3, -0.25) is 9.79 Å². The van der Waals surface area contributed by atoms with E-state index in [1.54, 1.807) is 18.2 Å². The molecule has 0 bridgehead atoms.